The number of nitrogens with two attached hydrogens (primary N) is 1. The smallest absolute Gasteiger partial charge is 0.363 e. The Hall–Kier alpha value is -2.46. The van der Waals surface area contributed by atoms with Crippen LogP contribution in [0.4, 0.5) is 0 Å². The molecule has 0 unspecified atom stereocenters. The number of hydrogen-bond acceptors (Lipinski definition) is 4. The molecular formula is C18H20N2O2. The van der Waals surface area contributed by atoms with Gasteiger partial charge in [-0.1, -0.05) is 49.4 Å². The predicted octanol–water partition coefficient (Wildman–Crippen LogP) is 3.51. The van der Waals surface area contributed by atoms with Crippen molar-refractivity contribution in [2.45, 2.75) is 20.3 Å². The molecule has 0 amide bonds. The van der Waals surface area contributed by atoms with Crippen molar-refractivity contribution in [3.05, 3.63) is 53.7 Å². The Kier molecular flexibility index (Phi) is 5.44. The minimum absolute atomic E-state index is 0.351. The zero-order valence-corrected chi connectivity index (χ0v) is 12.9. The Morgan fingerprint density at radius 2 is 1.86 bits per heavy atom. The topological polar surface area (TPSA) is 64.7 Å². The van der Waals surface area contributed by atoms with Crippen LogP contribution in [0.5, 0.6) is 0 Å². The van der Waals surface area contributed by atoms with Crippen molar-refractivity contribution < 1.29 is 9.53 Å². The normalized spacial score (nSPS) is 15.3. The second kappa shape index (κ2) is 7.52. The lowest BCUT2D eigenvalue weighted by molar-refractivity contribution is -0.130. The van der Waals surface area contributed by atoms with Gasteiger partial charge in [-0.3, -0.25) is 0 Å². The fourth-order valence-electron chi connectivity index (χ4n) is 2.04. The lowest BCUT2D eigenvalue weighted by Gasteiger charge is -2.01. The molecule has 0 fully saturated rings. The van der Waals surface area contributed by atoms with Gasteiger partial charge in [-0.15, -0.1) is 0 Å². The van der Waals surface area contributed by atoms with Gasteiger partial charge in [0, 0.05) is 6.92 Å². The predicted molar refractivity (Wildman–Crippen MR) is 90.5 cm³/mol. The minimum Gasteiger partial charge on any atom is -0.407 e. The summed E-state index contributed by atoms with van der Waals surface area (Å²) in [5.74, 6) is 0.00641. The summed E-state index contributed by atoms with van der Waals surface area (Å²) in [6, 6.07) is 14.0. The summed E-state index contributed by atoms with van der Waals surface area (Å²) in [6.45, 7) is 4.54. The number of esters is 1. The molecule has 1 aliphatic rings. The van der Waals surface area contributed by atoms with Gasteiger partial charge in [0.15, 0.2) is 11.6 Å². The van der Waals surface area contributed by atoms with E-state index >= 15 is 0 Å². The number of cyclic esters (lactones) is 1. The number of carbonyl (C=O) groups excluding carboxylic acids is 1. The van der Waals surface area contributed by atoms with Gasteiger partial charge in [-0.25, -0.2) is 9.79 Å². The second-order valence-corrected chi connectivity index (χ2v) is 4.91. The molecule has 22 heavy (non-hydrogen) atoms. The molecule has 1 aliphatic heterocycles. The number of hydrogen-bond donors (Lipinski definition) is 1. The number of fused-ring (bicyclic) bond motifs is 1. The Labute approximate surface area is 130 Å². The third-order valence-electron chi connectivity index (χ3n) is 3.13. The highest BCUT2D eigenvalue weighted by Crippen LogP contribution is 2.22. The van der Waals surface area contributed by atoms with Crippen LogP contribution in [0, 0.1) is 0 Å². The van der Waals surface area contributed by atoms with E-state index in [-0.39, 0.29) is 5.97 Å². The number of benzene rings is 2. The molecule has 4 nitrogen and oxygen atoms in total. The first kappa shape index (κ1) is 15.9. The lowest BCUT2D eigenvalue weighted by atomic mass is 10.0. The summed E-state index contributed by atoms with van der Waals surface area (Å²) >= 11 is 0. The Morgan fingerprint density at radius 1 is 1.18 bits per heavy atom. The standard InChI is InChI=1S/C15H11NO2.C3H9N/c1-10-16-14(15(17)18-10)9-12-7-4-6-11-5-2-3-8-13(11)12;1-2-3-4/h2-9H,1H3;2-4H2,1H3/b14-9-;. The van der Waals surface area contributed by atoms with Crippen LogP contribution < -0.4 is 5.73 Å². The number of ether oxygens (including phenoxy) is 1. The molecule has 0 aliphatic carbocycles. The van der Waals surface area contributed by atoms with Crippen LogP contribution in [0.15, 0.2) is 53.2 Å². The van der Waals surface area contributed by atoms with E-state index in [4.69, 9.17) is 10.5 Å². The van der Waals surface area contributed by atoms with Gasteiger partial charge in [-0.05, 0) is 35.4 Å². The zero-order valence-electron chi connectivity index (χ0n) is 12.9. The van der Waals surface area contributed by atoms with Crippen molar-refractivity contribution in [2.24, 2.45) is 10.7 Å². The molecule has 0 saturated carbocycles. The summed E-state index contributed by atoms with van der Waals surface area (Å²) in [6.07, 6.45) is 2.86. The van der Waals surface area contributed by atoms with Gasteiger partial charge in [0.1, 0.15) is 0 Å². The lowest BCUT2D eigenvalue weighted by Crippen LogP contribution is -1.99. The number of nitrogens with zero attached hydrogens (tertiary/aromatic N) is 1. The fourth-order valence-corrected chi connectivity index (χ4v) is 2.04. The molecule has 0 atom stereocenters. The summed E-state index contributed by atoms with van der Waals surface area (Å²) in [5.41, 5.74) is 6.35. The van der Waals surface area contributed by atoms with E-state index in [0.717, 1.165) is 29.3 Å². The first-order valence-electron chi connectivity index (χ1n) is 7.32. The zero-order chi connectivity index (χ0) is 15.9. The highest BCUT2D eigenvalue weighted by molar-refractivity contribution is 6.07. The Morgan fingerprint density at radius 3 is 2.50 bits per heavy atom. The van der Waals surface area contributed by atoms with E-state index in [9.17, 15) is 4.79 Å². The van der Waals surface area contributed by atoms with Gasteiger partial charge < -0.3 is 10.5 Å². The quantitative estimate of drug-likeness (QED) is 0.681. The molecule has 3 rings (SSSR count). The van der Waals surface area contributed by atoms with Crippen molar-refractivity contribution in [2.75, 3.05) is 6.54 Å². The van der Waals surface area contributed by atoms with Gasteiger partial charge >= 0.3 is 5.97 Å². The van der Waals surface area contributed by atoms with Crippen LogP contribution in [0.3, 0.4) is 0 Å². The van der Waals surface area contributed by atoms with Crippen LogP contribution in [-0.4, -0.2) is 18.4 Å². The van der Waals surface area contributed by atoms with E-state index in [0.29, 0.717) is 11.6 Å². The molecule has 0 saturated heterocycles. The van der Waals surface area contributed by atoms with Gasteiger partial charge in [0.2, 0.25) is 0 Å². The van der Waals surface area contributed by atoms with Crippen molar-refractivity contribution in [3.8, 4) is 0 Å². The largest absolute Gasteiger partial charge is 0.407 e. The summed E-state index contributed by atoms with van der Waals surface area (Å²) < 4.78 is 4.90. The van der Waals surface area contributed by atoms with Crippen LogP contribution in [0.2, 0.25) is 0 Å². The third kappa shape index (κ3) is 3.80. The first-order valence-corrected chi connectivity index (χ1v) is 7.32. The van der Waals surface area contributed by atoms with Crippen LogP contribution in [0.1, 0.15) is 25.8 Å². The highest BCUT2D eigenvalue weighted by Gasteiger charge is 2.19. The molecular weight excluding hydrogens is 276 g/mol. The molecule has 0 spiro atoms. The van der Waals surface area contributed by atoms with Crippen molar-refractivity contribution in [3.63, 3.8) is 0 Å². The third-order valence-corrected chi connectivity index (χ3v) is 3.13. The molecule has 0 aromatic heterocycles. The van der Waals surface area contributed by atoms with Crippen molar-refractivity contribution in [1.29, 1.82) is 0 Å². The van der Waals surface area contributed by atoms with Crippen LogP contribution in [0.25, 0.3) is 16.8 Å². The monoisotopic (exact) mass is 296 g/mol. The Balaban J connectivity index is 0.000000396. The van der Waals surface area contributed by atoms with E-state index in [1.165, 1.54) is 0 Å². The number of aliphatic imine (C=N–C) groups is 1. The van der Waals surface area contributed by atoms with E-state index in [1.807, 2.05) is 42.5 Å². The van der Waals surface area contributed by atoms with Crippen LogP contribution >= 0.6 is 0 Å². The molecule has 0 bridgehead atoms. The maximum absolute atomic E-state index is 11.5. The maximum Gasteiger partial charge on any atom is 0.363 e. The summed E-state index contributed by atoms with van der Waals surface area (Å²) in [5, 5.41) is 2.24. The molecule has 2 N–H and O–H groups in total. The molecule has 114 valence electrons. The first-order chi connectivity index (χ1) is 10.7. The average Bonchev–Trinajstić information content (AvgIpc) is 2.85. The SMILES string of the molecule is CC1=N/C(=C\c2cccc3ccccc23)C(=O)O1.CCCN. The molecule has 2 aromatic rings. The van der Waals surface area contributed by atoms with E-state index < -0.39 is 0 Å². The maximum atomic E-state index is 11.5. The number of carbonyl (C=O) groups is 1. The molecule has 1 heterocycles. The molecule has 2 aromatic carbocycles. The average molecular weight is 296 g/mol. The van der Waals surface area contributed by atoms with Gasteiger partial charge in [0.05, 0.1) is 0 Å². The second-order valence-electron chi connectivity index (χ2n) is 4.91. The van der Waals surface area contributed by atoms with Gasteiger partial charge in [0.25, 0.3) is 0 Å². The molecule has 4 heteroatoms. The molecule has 0 radical (unpaired) electrons. The Bertz CT molecular complexity index is 725. The summed E-state index contributed by atoms with van der Waals surface area (Å²) in [4.78, 5) is 15.6. The summed E-state index contributed by atoms with van der Waals surface area (Å²) in [7, 11) is 0. The van der Waals surface area contributed by atoms with E-state index in [2.05, 4.69) is 11.9 Å². The van der Waals surface area contributed by atoms with Crippen molar-refractivity contribution >= 4 is 28.7 Å². The fraction of sp³-hybridized carbons (Fsp3) is 0.222. The van der Waals surface area contributed by atoms with Crippen LogP contribution in [-0.2, 0) is 9.53 Å². The van der Waals surface area contributed by atoms with Gasteiger partial charge in [-0.2, -0.15) is 0 Å². The minimum atomic E-state index is -0.388. The highest BCUT2D eigenvalue weighted by atomic mass is 16.6. The number of rotatable bonds is 2. The van der Waals surface area contributed by atoms with E-state index in [1.54, 1.807) is 13.0 Å². The van der Waals surface area contributed by atoms with Crippen molar-refractivity contribution in [1.82, 2.24) is 0 Å².